The van der Waals surface area contributed by atoms with E-state index in [1.807, 2.05) is 13.8 Å². The van der Waals surface area contributed by atoms with Gasteiger partial charge in [-0.1, -0.05) is 29.4 Å². The molecule has 0 aliphatic heterocycles. The number of aryl methyl sites for hydroxylation is 1. The van der Waals surface area contributed by atoms with Crippen molar-refractivity contribution >= 4 is 17.2 Å². The lowest BCUT2D eigenvalue weighted by Crippen LogP contribution is -2.29. The summed E-state index contributed by atoms with van der Waals surface area (Å²) in [4.78, 5) is 16.5. The van der Waals surface area contributed by atoms with Gasteiger partial charge >= 0.3 is 0 Å². The van der Waals surface area contributed by atoms with Gasteiger partial charge in [0, 0.05) is 13.5 Å². The number of allylic oxidation sites excluding steroid dienone is 2. The highest BCUT2D eigenvalue weighted by atomic mass is 16.6. The molecule has 0 aliphatic carbocycles. The SMILES string of the molecule is C/C=C(\C)c1ccc(C)c(C/C(=N\OC)C(=O)NC)c1. The standard InChI is InChI=1S/C16H22N2O2/c1-6-11(2)13-8-7-12(3)14(9-13)10-15(18-20-5)16(19)17-4/h6-9H,10H2,1-5H3,(H,17,19)/b11-6+,18-15+. The average Bonchev–Trinajstić information content (AvgIpc) is 2.47. The number of oxime groups is 1. The van der Waals surface area contributed by atoms with E-state index in [-0.39, 0.29) is 5.91 Å². The number of nitrogens with zero attached hydrogens (tertiary/aromatic N) is 1. The molecule has 0 aliphatic rings. The molecule has 4 nitrogen and oxygen atoms in total. The lowest BCUT2D eigenvalue weighted by molar-refractivity contribution is -0.114. The molecule has 1 amide bonds. The van der Waals surface area contributed by atoms with Crippen LogP contribution in [0.1, 0.15) is 30.5 Å². The molecule has 1 aromatic carbocycles. The minimum absolute atomic E-state index is 0.223. The molecule has 0 saturated carbocycles. The third-order valence-electron chi connectivity index (χ3n) is 3.29. The number of nitrogens with one attached hydrogen (secondary N) is 1. The number of amides is 1. The summed E-state index contributed by atoms with van der Waals surface area (Å²) in [6, 6.07) is 6.24. The van der Waals surface area contributed by atoms with Gasteiger partial charge < -0.3 is 10.2 Å². The van der Waals surface area contributed by atoms with E-state index < -0.39 is 0 Å². The first-order valence-corrected chi connectivity index (χ1v) is 6.58. The molecule has 0 spiro atoms. The van der Waals surface area contributed by atoms with Crippen molar-refractivity contribution < 1.29 is 9.63 Å². The number of benzene rings is 1. The molecule has 1 N–H and O–H groups in total. The van der Waals surface area contributed by atoms with Crippen LogP contribution >= 0.6 is 0 Å². The van der Waals surface area contributed by atoms with Crippen molar-refractivity contribution in [3.63, 3.8) is 0 Å². The van der Waals surface area contributed by atoms with Crippen LogP contribution in [0.2, 0.25) is 0 Å². The summed E-state index contributed by atoms with van der Waals surface area (Å²) in [5, 5.41) is 6.39. The molecular formula is C16H22N2O2. The van der Waals surface area contributed by atoms with Gasteiger partial charge in [0.15, 0.2) is 0 Å². The predicted octanol–water partition coefficient (Wildman–Crippen LogP) is 2.71. The molecule has 1 rings (SSSR count). The molecule has 0 heterocycles. The van der Waals surface area contributed by atoms with E-state index >= 15 is 0 Å². The van der Waals surface area contributed by atoms with Crippen LogP contribution in [-0.4, -0.2) is 25.8 Å². The minimum atomic E-state index is -0.223. The quantitative estimate of drug-likeness (QED) is 0.663. The third kappa shape index (κ3) is 3.95. The van der Waals surface area contributed by atoms with Gasteiger partial charge in [0.05, 0.1) is 0 Å². The molecule has 0 bridgehead atoms. The molecule has 4 heteroatoms. The maximum atomic E-state index is 11.8. The van der Waals surface area contributed by atoms with Crippen LogP contribution in [0.3, 0.4) is 0 Å². The molecule has 0 radical (unpaired) electrons. The second kappa shape index (κ2) is 7.48. The summed E-state index contributed by atoms with van der Waals surface area (Å²) < 4.78 is 0. The van der Waals surface area contributed by atoms with E-state index in [9.17, 15) is 4.79 Å². The van der Waals surface area contributed by atoms with Gasteiger partial charge in [0.1, 0.15) is 12.8 Å². The number of hydrogen-bond donors (Lipinski definition) is 1. The number of rotatable bonds is 5. The summed E-state index contributed by atoms with van der Waals surface area (Å²) in [7, 11) is 3.02. The van der Waals surface area contributed by atoms with E-state index in [4.69, 9.17) is 4.84 Å². The second-order valence-electron chi connectivity index (χ2n) is 4.59. The normalized spacial score (nSPS) is 12.2. The maximum Gasteiger partial charge on any atom is 0.269 e. The second-order valence-corrected chi connectivity index (χ2v) is 4.59. The van der Waals surface area contributed by atoms with Crippen LogP contribution in [0, 0.1) is 6.92 Å². The van der Waals surface area contributed by atoms with Crippen molar-refractivity contribution in [2.45, 2.75) is 27.2 Å². The van der Waals surface area contributed by atoms with Crippen molar-refractivity contribution in [3.05, 3.63) is 41.0 Å². The third-order valence-corrected chi connectivity index (χ3v) is 3.29. The monoisotopic (exact) mass is 274 g/mol. The van der Waals surface area contributed by atoms with Crippen LogP contribution in [-0.2, 0) is 16.1 Å². The fourth-order valence-electron chi connectivity index (χ4n) is 1.86. The van der Waals surface area contributed by atoms with E-state index in [1.54, 1.807) is 7.05 Å². The summed E-state index contributed by atoms with van der Waals surface area (Å²) >= 11 is 0. The van der Waals surface area contributed by atoms with Gasteiger partial charge in [-0.05, 0) is 43.0 Å². The highest BCUT2D eigenvalue weighted by Gasteiger charge is 2.13. The van der Waals surface area contributed by atoms with Crippen molar-refractivity contribution in [1.82, 2.24) is 5.32 Å². The van der Waals surface area contributed by atoms with E-state index in [0.29, 0.717) is 12.1 Å². The Morgan fingerprint density at radius 3 is 2.70 bits per heavy atom. The van der Waals surface area contributed by atoms with Crippen LogP contribution in [0.15, 0.2) is 29.4 Å². The maximum absolute atomic E-state index is 11.8. The Morgan fingerprint density at radius 1 is 1.45 bits per heavy atom. The van der Waals surface area contributed by atoms with E-state index in [1.165, 1.54) is 12.7 Å². The van der Waals surface area contributed by atoms with Crippen LogP contribution < -0.4 is 5.32 Å². The molecular weight excluding hydrogens is 252 g/mol. The summed E-state index contributed by atoms with van der Waals surface area (Å²) in [6.07, 6.45) is 2.52. The zero-order valence-electron chi connectivity index (χ0n) is 12.8. The molecule has 20 heavy (non-hydrogen) atoms. The molecule has 0 unspecified atom stereocenters. The van der Waals surface area contributed by atoms with Crippen LogP contribution in [0.4, 0.5) is 0 Å². The number of carbonyl (C=O) groups excluding carboxylic acids is 1. The Balaban J connectivity index is 3.12. The lowest BCUT2D eigenvalue weighted by atomic mass is 9.97. The summed E-state index contributed by atoms with van der Waals surface area (Å²) in [5.74, 6) is -0.223. The van der Waals surface area contributed by atoms with E-state index in [2.05, 4.69) is 41.7 Å². The molecule has 0 atom stereocenters. The Labute approximate surface area is 120 Å². The molecule has 0 saturated heterocycles. The van der Waals surface area contributed by atoms with Gasteiger partial charge in [-0.3, -0.25) is 4.79 Å². The fourth-order valence-corrected chi connectivity index (χ4v) is 1.86. The average molecular weight is 274 g/mol. The largest absolute Gasteiger partial charge is 0.399 e. The number of carbonyl (C=O) groups is 1. The zero-order valence-corrected chi connectivity index (χ0v) is 12.8. The first-order chi connectivity index (χ1) is 9.53. The van der Waals surface area contributed by atoms with E-state index in [0.717, 1.165) is 16.7 Å². The topological polar surface area (TPSA) is 50.7 Å². The minimum Gasteiger partial charge on any atom is -0.399 e. The molecule has 0 fully saturated rings. The Kier molecular flexibility index (Phi) is 5.97. The smallest absolute Gasteiger partial charge is 0.269 e. The zero-order chi connectivity index (χ0) is 15.1. The molecule has 1 aromatic rings. The van der Waals surface area contributed by atoms with Crippen molar-refractivity contribution in [1.29, 1.82) is 0 Å². The fraction of sp³-hybridized carbons (Fsp3) is 0.375. The highest BCUT2D eigenvalue weighted by molar-refractivity contribution is 6.39. The Bertz CT molecular complexity index is 545. The summed E-state index contributed by atoms with van der Waals surface area (Å²) in [6.45, 7) is 6.10. The van der Waals surface area contributed by atoms with Gasteiger partial charge in [-0.15, -0.1) is 0 Å². The lowest BCUT2D eigenvalue weighted by Gasteiger charge is -2.10. The van der Waals surface area contributed by atoms with Gasteiger partial charge in [0.2, 0.25) is 0 Å². The molecule has 0 aromatic heterocycles. The number of hydrogen-bond acceptors (Lipinski definition) is 3. The first kappa shape index (κ1) is 16.0. The Morgan fingerprint density at radius 2 is 2.15 bits per heavy atom. The Hall–Kier alpha value is -2.10. The van der Waals surface area contributed by atoms with Crippen molar-refractivity contribution in [3.8, 4) is 0 Å². The van der Waals surface area contributed by atoms with Gasteiger partial charge in [-0.2, -0.15) is 0 Å². The highest BCUT2D eigenvalue weighted by Crippen LogP contribution is 2.19. The predicted molar refractivity (Wildman–Crippen MR) is 82.7 cm³/mol. The van der Waals surface area contributed by atoms with Crippen molar-refractivity contribution in [2.24, 2.45) is 5.16 Å². The molecule has 108 valence electrons. The summed E-state index contributed by atoms with van der Waals surface area (Å²) in [5.41, 5.74) is 4.93. The first-order valence-electron chi connectivity index (χ1n) is 6.58. The van der Waals surface area contributed by atoms with Crippen LogP contribution in [0.5, 0.6) is 0 Å². The van der Waals surface area contributed by atoms with Crippen molar-refractivity contribution in [2.75, 3.05) is 14.2 Å². The van der Waals surface area contributed by atoms with Crippen LogP contribution in [0.25, 0.3) is 5.57 Å². The van der Waals surface area contributed by atoms with Gasteiger partial charge in [0.25, 0.3) is 5.91 Å². The van der Waals surface area contributed by atoms with Gasteiger partial charge in [-0.25, -0.2) is 0 Å².